The molecule has 5 nitrogen and oxygen atoms in total. The van der Waals surface area contributed by atoms with Gasteiger partial charge in [0.15, 0.2) is 9.84 Å². The average Bonchev–Trinajstić information content (AvgIpc) is 3.17. The molecular formula is C18H20N2O3S2. The normalized spacial score (nSPS) is 28.2. The molecule has 1 aliphatic carbocycles. The summed E-state index contributed by atoms with van der Waals surface area (Å²) < 4.78 is 24.4. The number of hydrogen-bond donors (Lipinski definition) is 1. The predicted molar refractivity (Wildman–Crippen MR) is 99.4 cm³/mol. The fourth-order valence-electron chi connectivity index (χ4n) is 3.64. The Bertz CT molecular complexity index is 900. The second-order valence-electron chi connectivity index (χ2n) is 6.78. The SMILES string of the molecule is O=C(N[C@@H]1CCS(=O)(=O)C1)[C@H]1CC=CC[C@@H]1c1nc2ccccc2s1. The Balaban J connectivity index is 1.54. The molecule has 1 amide bonds. The molecule has 0 bridgehead atoms. The molecule has 1 aromatic carbocycles. The summed E-state index contributed by atoms with van der Waals surface area (Å²) >= 11 is 1.65. The number of nitrogens with zero attached hydrogens (tertiary/aromatic N) is 1. The fourth-order valence-corrected chi connectivity index (χ4v) is 6.46. The summed E-state index contributed by atoms with van der Waals surface area (Å²) in [6.07, 6.45) is 6.13. The largest absolute Gasteiger partial charge is 0.352 e. The molecule has 1 fully saturated rings. The van der Waals surface area contributed by atoms with Crippen LogP contribution < -0.4 is 5.32 Å². The first-order chi connectivity index (χ1) is 12.0. The molecule has 132 valence electrons. The quantitative estimate of drug-likeness (QED) is 0.836. The van der Waals surface area contributed by atoms with Crippen LogP contribution in [0.1, 0.15) is 30.2 Å². The van der Waals surface area contributed by atoms with Crippen LogP contribution in [-0.2, 0) is 14.6 Å². The number of benzene rings is 1. The van der Waals surface area contributed by atoms with Gasteiger partial charge in [-0.1, -0.05) is 24.3 Å². The topological polar surface area (TPSA) is 76.1 Å². The smallest absolute Gasteiger partial charge is 0.224 e. The number of nitrogens with one attached hydrogen (secondary N) is 1. The highest BCUT2D eigenvalue weighted by atomic mass is 32.2. The number of hydrogen-bond acceptors (Lipinski definition) is 5. The zero-order chi connectivity index (χ0) is 17.4. The summed E-state index contributed by atoms with van der Waals surface area (Å²) in [5.74, 6) is 0.0571. The third-order valence-electron chi connectivity index (χ3n) is 4.98. The van der Waals surface area contributed by atoms with Gasteiger partial charge < -0.3 is 5.32 Å². The lowest BCUT2D eigenvalue weighted by molar-refractivity contribution is -0.126. The summed E-state index contributed by atoms with van der Waals surface area (Å²) in [6.45, 7) is 0. The van der Waals surface area contributed by atoms with Crippen LogP contribution in [0.4, 0.5) is 0 Å². The minimum absolute atomic E-state index is 0.0456. The molecule has 2 aromatic rings. The third-order valence-corrected chi connectivity index (χ3v) is 7.91. The highest BCUT2D eigenvalue weighted by Crippen LogP contribution is 2.38. The van der Waals surface area contributed by atoms with E-state index in [2.05, 4.69) is 11.4 Å². The standard InChI is InChI=1S/C18H20N2O3S2/c21-17(19-12-9-10-25(22,23)11-12)13-5-1-2-6-14(13)18-20-15-7-3-4-8-16(15)24-18/h1-4,7-8,12-14H,5-6,9-11H2,(H,19,21)/t12-,13+,14+/m1/s1. The Morgan fingerprint density at radius 2 is 2.00 bits per heavy atom. The van der Waals surface area contributed by atoms with Crippen LogP contribution >= 0.6 is 11.3 Å². The van der Waals surface area contributed by atoms with Crippen LogP contribution in [-0.4, -0.2) is 36.9 Å². The van der Waals surface area contributed by atoms with Crippen molar-refractivity contribution in [3.05, 3.63) is 41.4 Å². The molecule has 1 N–H and O–H groups in total. The molecule has 7 heteroatoms. The van der Waals surface area contributed by atoms with Gasteiger partial charge in [0.25, 0.3) is 0 Å². The summed E-state index contributed by atoms with van der Waals surface area (Å²) in [5.41, 5.74) is 0.970. The van der Waals surface area contributed by atoms with E-state index in [9.17, 15) is 13.2 Å². The lowest BCUT2D eigenvalue weighted by Gasteiger charge is -2.27. The lowest BCUT2D eigenvalue weighted by atomic mass is 9.82. The van der Waals surface area contributed by atoms with Gasteiger partial charge in [0, 0.05) is 12.0 Å². The molecule has 0 spiro atoms. The van der Waals surface area contributed by atoms with Gasteiger partial charge in [-0.15, -0.1) is 11.3 Å². The maximum atomic E-state index is 12.8. The van der Waals surface area contributed by atoms with E-state index in [-0.39, 0.29) is 35.3 Å². The van der Waals surface area contributed by atoms with Crippen molar-refractivity contribution < 1.29 is 13.2 Å². The van der Waals surface area contributed by atoms with Crippen molar-refractivity contribution in [3.63, 3.8) is 0 Å². The first-order valence-corrected chi connectivity index (χ1v) is 11.2. The summed E-state index contributed by atoms with van der Waals surface area (Å²) in [5, 5.41) is 3.95. The molecule has 0 radical (unpaired) electrons. The van der Waals surface area contributed by atoms with Gasteiger partial charge >= 0.3 is 0 Å². The number of rotatable bonds is 3. The number of fused-ring (bicyclic) bond motifs is 1. The maximum Gasteiger partial charge on any atom is 0.224 e. The fraction of sp³-hybridized carbons (Fsp3) is 0.444. The van der Waals surface area contributed by atoms with E-state index in [1.54, 1.807) is 11.3 Å². The van der Waals surface area contributed by atoms with E-state index in [1.807, 2.05) is 30.3 Å². The van der Waals surface area contributed by atoms with Gasteiger partial charge in [0.05, 0.1) is 32.6 Å². The number of thiazole rings is 1. The minimum Gasteiger partial charge on any atom is -0.352 e. The van der Waals surface area contributed by atoms with Crippen LogP contribution in [0.5, 0.6) is 0 Å². The van der Waals surface area contributed by atoms with Crippen molar-refractivity contribution in [2.45, 2.75) is 31.2 Å². The number of carbonyl (C=O) groups excluding carboxylic acids is 1. The van der Waals surface area contributed by atoms with E-state index < -0.39 is 9.84 Å². The number of aromatic nitrogens is 1. The van der Waals surface area contributed by atoms with Crippen LogP contribution in [0.25, 0.3) is 10.2 Å². The Hall–Kier alpha value is -1.73. The number of carbonyl (C=O) groups is 1. The summed E-state index contributed by atoms with van der Waals surface area (Å²) in [4.78, 5) is 17.5. The Morgan fingerprint density at radius 3 is 2.76 bits per heavy atom. The van der Waals surface area contributed by atoms with E-state index in [1.165, 1.54) is 0 Å². The summed E-state index contributed by atoms with van der Waals surface area (Å²) in [7, 11) is -2.99. The highest BCUT2D eigenvalue weighted by Gasteiger charge is 2.35. The number of amides is 1. The first kappa shape index (κ1) is 16.7. The summed E-state index contributed by atoms with van der Waals surface area (Å²) in [6, 6.07) is 7.76. The van der Waals surface area contributed by atoms with Gasteiger partial charge in [-0.25, -0.2) is 13.4 Å². The first-order valence-electron chi connectivity index (χ1n) is 8.53. The molecule has 25 heavy (non-hydrogen) atoms. The van der Waals surface area contributed by atoms with Crippen molar-refractivity contribution >= 4 is 37.3 Å². The molecular weight excluding hydrogens is 356 g/mol. The van der Waals surface area contributed by atoms with E-state index in [0.717, 1.165) is 21.6 Å². The van der Waals surface area contributed by atoms with Gasteiger partial charge in [-0.2, -0.15) is 0 Å². The van der Waals surface area contributed by atoms with E-state index >= 15 is 0 Å². The van der Waals surface area contributed by atoms with E-state index in [0.29, 0.717) is 12.8 Å². The van der Waals surface area contributed by atoms with Crippen LogP contribution in [0.2, 0.25) is 0 Å². The highest BCUT2D eigenvalue weighted by molar-refractivity contribution is 7.91. The maximum absolute atomic E-state index is 12.8. The predicted octanol–water partition coefficient (Wildman–Crippen LogP) is 2.65. The lowest BCUT2D eigenvalue weighted by Crippen LogP contribution is -2.41. The van der Waals surface area contributed by atoms with E-state index in [4.69, 9.17) is 4.98 Å². The molecule has 0 unspecified atom stereocenters. The van der Waals surface area contributed by atoms with Crippen molar-refractivity contribution in [3.8, 4) is 0 Å². The molecule has 0 saturated carbocycles. The minimum atomic E-state index is -2.99. The van der Waals surface area contributed by atoms with Crippen molar-refractivity contribution in [2.75, 3.05) is 11.5 Å². The molecule has 3 atom stereocenters. The van der Waals surface area contributed by atoms with Crippen LogP contribution in [0, 0.1) is 5.92 Å². The Morgan fingerprint density at radius 1 is 1.20 bits per heavy atom. The van der Waals surface area contributed by atoms with Gasteiger partial charge in [-0.05, 0) is 31.4 Å². The number of sulfone groups is 1. The number of para-hydroxylation sites is 1. The van der Waals surface area contributed by atoms with Crippen LogP contribution in [0.3, 0.4) is 0 Å². The number of allylic oxidation sites excluding steroid dienone is 2. The van der Waals surface area contributed by atoms with Gasteiger partial charge in [0.1, 0.15) is 0 Å². The Kier molecular flexibility index (Phi) is 4.37. The van der Waals surface area contributed by atoms with Gasteiger partial charge in [0.2, 0.25) is 5.91 Å². The van der Waals surface area contributed by atoms with Crippen molar-refractivity contribution in [2.24, 2.45) is 5.92 Å². The van der Waals surface area contributed by atoms with Crippen molar-refractivity contribution in [1.82, 2.24) is 10.3 Å². The monoisotopic (exact) mass is 376 g/mol. The van der Waals surface area contributed by atoms with Gasteiger partial charge in [-0.3, -0.25) is 4.79 Å². The van der Waals surface area contributed by atoms with Crippen LogP contribution in [0.15, 0.2) is 36.4 Å². The zero-order valence-corrected chi connectivity index (χ0v) is 15.4. The average molecular weight is 377 g/mol. The molecule has 4 rings (SSSR count). The Labute approximate surface area is 151 Å². The second-order valence-corrected chi connectivity index (χ2v) is 10.1. The molecule has 1 saturated heterocycles. The molecule has 1 aromatic heterocycles. The molecule has 2 heterocycles. The molecule has 1 aliphatic heterocycles. The molecule has 2 aliphatic rings. The van der Waals surface area contributed by atoms with Crippen molar-refractivity contribution in [1.29, 1.82) is 0 Å². The zero-order valence-electron chi connectivity index (χ0n) is 13.7. The third kappa shape index (κ3) is 3.48. The second kappa shape index (κ2) is 6.53.